The second kappa shape index (κ2) is 4.63. The summed E-state index contributed by atoms with van der Waals surface area (Å²) in [4.78, 5) is 14.7. The summed E-state index contributed by atoms with van der Waals surface area (Å²) in [6.07, 6.45) is 1.04. The zero-order valence-corrected chi connectivity index (χ0v) is 10.7. The van der Waals surface area contributed by atoms with Crippen LogP contribution in [0.4, 0.5) is 0 Å². The van der Waals surface area contributed by atoms with E-state index in [-0.39, 0.29) is 5.91 Å². The van der Waals surface area contributed by atoms with Crippen molar-refractivity contribution in [1.29, 1.82) is 0 Å². The predicted molar refractivity (Wildman–Crippen MR) is 65.1 cm³/mol. The molecule has 0 aromatic carbocycles. The number of carbonyl (C=O) groups is 1. The lowest BCUT2D eigenvalue weighted by Gasteiger charge is -2.14. The largest absolute Gasteiger partial charge is 0.338 e. The molecule has 15 heavy (non-hydrogen) atoms. The van der Waals surface area contributed by atoms with E-state index in [1.807, 2.05) is 17.0 Å². The summed E-state index contributed by atoms with van der Waals surface area (Å²) in [5, 5.41) is 0. The van der Waals surface area contributed by atoms with E-state index in [1.54, 1.807) is 0 Å². The molecule has 1 atom stereocenters. The summed E-state index contributed by atoms with van der Waals surface area (Å²) in [7, 11) is 0. The first-order valence-electron chi connectivity index (χ1n) is 4.95. The molecule has 0 spiro atoms. The van der Waals surface area contributed by atoms with Crippen molar-refractivity contribution in [3.8, 4) is 0 Å². The van der Waals surface area contributed by atoms with Crippen LogP contribution < -0.4 is 5.73 Å². The molecule has 1 amide bonds. The normalized spacial score (nSPS) is 20.9. The monoisotopic (exact) mass is 288 g/mol. The van der Waals surface area contributed by atoms with Gasteiger partial charge in [-0.25, -0.2) is 0 Å². The van der Waals surface area contributed by atoms with Crippen LogP contribution in [0.5, 0.6) is 0 Å². The van der Waals surface area contributed by atoms with Crippen molar-refractivity contribution in [2.45, 2.75) is 6.42 Å². The minimum absolute atomic E-state index is 0.140. The smallest absolute Gasteiger partial charge is 0.263 e. The maximum Gasteiger partial charge on any atom is 0.263 e. The maximum atomic E-state index is 12.0. The van der Waals surface area contributed by atoms with Crippen molar-refractivity contribution in [1.82, 2.24) is 4.90 Å². The third-order valence-electron chi connectivity index (χ3n) is 2.69. The molecule has 1 aliphatic rings. The minimum atomic E-state index is 0.140. The number of hydrogen-bond donors (Lipinski definition) is 1. The zero-order chi connectivity index (χ0) is 10.8. The van der Waals surface area contributed by atoms with Gasteiger partial charge in [-0.15, -0.1) is 11.3 Å². The zero-order valence-electron chi connectivity index (χ0n) is 8.28. The van der Waals surface area contributed by atoms with E-state index < -0.39 is 0 Å². The molecule has 2 rings (SSSR count). The van der Waals surface area contributed by atoms with Crippen molar-refractivity contribution in [2.75, 3.05) is 19.6 Å². The number of thiophene rings is 1. The number of carbonyl (C=O) groups excluding carboxylic acids is 1. The molecule has 1 aromatic heterocycles. The number of likely N-dealkylation sites (tertiary alicyclic amines) is 1. The molecule has 1 unspecified atom stereocenters. The van der Waals surface area contributed by atoms with Gasteiger partial charge in [0.2, 0.25) is 0 Å². The Morgan fingerprint density at radius 3 is 3.00 bits per heavy atom. The highest BCUT2D eigenvalue weighted by molar-refractivity contribution is 9.11. The summed E-state index contributed by atoms with van der Waals surface area (Å²) in [6.45, 7) is 2.33. The van der Waals surface area contributed by atoms with Gasteiger partial charge in [-0.2, -0.15) is 0 Å². The first kappa shape index (κ1) is 11.1. The molecule has 2 heterocycles. The lowest BCUT2D eigenvalue weighted by Crippen LogP contribution is -2.29. The molecule has 82 valence electrons. The van der Waals surface area contributed by atoms with Crippen molar-refractivity contribution in [3.05, 3.63) is 20.8 Å². The Labute approximate surface area is 101 Å². The molecule has 0 saturated carbocycles. The van der Waals surface area contributed by atoms with Gasteiger partial charge in [-0.1, -0.05) is 0 Å². The van der Waals surface area contributed by atoms with Gasteiger partial charge in [0.1, 0.15) is 0 Å². The van der Waals surface area contributed by atoms with Gasteiger partial charge >= 0.3 is 0 Å². The van der Waals surface area contributed by atoms with Gasteiger partial charge in [-0.3, -0.25) is 4.79 Å². The van der Waals surface area contributed by atoms with E-state index in [0.29, 0.717) is 12.5 Å². The molecule has 2 N–H and O–H groups in total. The van der Waals surface area contributed by atoms with Crippen molar-refractivity contribution in [2.24, 2.45) is 11.7 Å². The Morgan fingerprint density at radius 2 is 2.47 bits per heavy atom. The summed E-state index contributed by atoms with van der Waals surface area (Å²) in [6, 6.07) is 3.78. The molecular weight excluding hydrogens is 276 g/mol. The van der Waals surface area contributed by atoms with Gasteiger partial charge in [0.25, 0.3) is 5.91 Å². The van der Waals surface area contributed by atoms with Gasteiger partial charge in [0.05, 0.1) is 8.66 Å². The van der Waals surface area contributed by atoms with E-state index in [1.165, 1.54) is 11.3 Å². The summed E-state index contributed by atoms with van der Waals surface area (Å²) < 4.78 is 1.00. The highest BCUT2D eigenvalue weighted by Crippen LogP contribution is 2.25. The number of nitrogens with zero attached hydrogens (tertiary/aromatic N) is 1. The molecule has 1 fully saturated rings. The summed E-state index contributed by atoms with van der Waals surface area (Å²) >= 11 is 4.85. The van der Waals surface area contributed by atoms with Crippen LogP contribution in [0.3, 0.4) is 0 Å². The second-order valence-corrected chi connectivity index (χ2v) is 6.21. The molecule has 1 aliphatic heterocycles. The highest BCUT2D eigenvalue weighted by atomic mass is 79.9. The average molecular weight is 289 g/mol. The van der Waals surface area contributed by atoms with Crippen LogP contribution in [0.25, 0.3) is 0 Å². The maximum absolute atomic E-state index is 12.0. The molecule has 1 aromatic rings. The number of rotatable bonds is 2. The molecule has 0 aliphatic carbocycles. The third-order valence-corrected chi connectivity index (χ3v) is 4.30. The van der Waals surface area contributed by atoms with Gasteiger partial charge in [-0.05, 0) is 46.9 Å². The number of nitrogens with two attached hydrogens (primary N) is 1. The average Bonchev–Trinajstić information content (AvgIpc) is 2.84. The quantitative estimate of drug-likeness (QED) is 0.904. The van der Waals surface area contributed by atoms with E-state index in [0.717, 1.165) is 28.2 Å². The molecule has 5 heteroatoms. The summed E-state index contributed by atoms with van der Waals surface area (Å²) in [5.41, 5.74) is 5.60. The molecule has 0 bridgehead atoms. The van der Waals surface area contributed by atoms with Crippen LogP contribution in [-0.4, -0.2) is 30.4 Å². The Kier molecular flexibility index (Phi) is 3.43. The third kappa shape index (κ3) is 2.41. The second-order valence-electron chi connectivity index (χ2n) is 3.75. The van der Waals surface area contributed by atoms with E-state index in [9.17, 15) is 4.79 Å². The van der Waals surface area contributed by atoms with Crippen molar-refractivity contribution >= 4 is 33.2 Å². The topological polar surface area (TPSA) is 46.3 Å². The van der Waals surface area contributed by atoms with Crippen LogP contribution in [0.1, 0.15) is 16.1 Å². The lowest BCUT2D eigenvalue weighted by atomic mass is 10.1. The van der Waals surface area contributed by atoms with Crippen LogP contribution in [0.15, 0.2) is 15.9 Å². The minimum Gasteiger partial charge on any atom is -0.338 e. The Morgan fingerprint density at radius 1 is 1.67 bits per heavy atom. The van der Waals surface area contributed by atoms with Crippen LogP contribution >= 0.6 is 27.3 Å². The van der Waals surface area contributed by atoms with Gasteiger partial charge < -0.3 is 10.6 Å². The number of hydrogen-bond acceptors (Lipinski definition) is 3. The number of amides is 1. The van der Waals surface area contributed by atoms with Crippen molar-refractivity contribution in [3.63, 3.8) is 0 Å². The van der Waals surface area contributed by atoms with E-state index >= 15 is 0 Å². The fourth-order valence-electron chi connectivity index (χ4n) is 1.79. The summed E-state index contributed by atoms with van der Waals surface area (Å²) in [5.74, 6) is 0.624. The van der Waals surface area contributed by atoms with Crippen LogP contribution in [-0.2, 0) is 0 Å². The fourth-order valence-corrected chi connectivity index (χ4v) is 3.15. The first-order chi connectivity index (χ1) is 7.20. The van der Waals surface area contributed by atoms with E-state index in [4.69, 9.17) is 5.73 Å². The van der Waals surface area contributed by atoms with Crippen LogP contribution in [0, 0.1) is 5.92 Å². The fraction of sp³-hybridized carbons (Fsp3) is 0.500. The first-order valence-corrected chi connectivity index (χ1v) is 6.56. The lowest BCUT2D eigenvalue weighted by molar-refractivity contribution is 0.0792. The highest BCUT2D eigenvalue weighted by Gasteiger charge is 2.26. The molecule has 1 saturated heterocycles. The van der Waals surface area contributed by atoms with Crippen molar-refractivity contribution < 1.29 is 4.79 Å². The van der Waals surface area contributed by atoms with Crippen LogP contribution in [0.2, 0.25) is 0 Å². The Hall–Kier alpha value is -0.390. The predicted octanol–water partition coefficient (Wildman–Crippen LogP) is 1.93. The molecular formula is C10H13BrN2OS. The standard InChI is InChI=1S/C10H13BrN2OS/c11-9-2-1-8(15-9)10(14)13-4-3-7(5-12)6-13/h1-2,7H,3-6,12H2. The van der Waals surface area contributed by atoms with Gasteiger partial charge in [0.15, 0.2) is 0 Å². The Balaban J connectivity index is 2.03. The SMILES string of the molecule is NCC1CCN(C(=O)c2ccc(Br)s2)C1. The Bertz CT molecular complexity index is 366. The molecule has 3 nitrogen and oxygen atoms in total. The van der Waals surface area contributed by atoms with E-state index in [2.05, 4.69) is 15.9 Å². The molecule has 0 radical (unpaired) electrons. The van der Waals surface area contributed by atoms with Gasteiger partial charge in [0, 0.05) is 13.1 Å². The number of halogens is 1.